The van der Waals surface area contributed by atoms with E-state index >= 15 is 0 Å². The van der Waals surface area contributed by atoms with Crippen LogP contribution in [0.4, 0.5) is 10.1 Å². The van der Waals surface area contributed by atoms with Crippen molar-refractivity contribution in [1.82, 2.24) is 9.47 Å². The molecule has 0 bridgehead atoms. The number of likely N-dealkylation sites (N-methyl/N-ethyl adjacent to an activating group) is 1. The number of pyridine rings is 1. The Hall–Kier alpha value is -2.08. The van der Waals surface area contributed by atoms with Crippen LogP contribution in [0.25, 0.3) is 10.9 Å². The van der Waals surface area contributed by atoms with E-state index in [1.807, 2.05) is 4.57 Å². The van der Waals surface area contributed by atoms with Crippen molar-refractivity contribution in [2.24, 2.45) is 0 Å². The first kappa shape index (κ1) is 15.4. The number of aromatic nitrogens is 1. The fraction of sp³-hybridized carbons (Fsp3) is 0.500. The number of rotatable bonds is 3. The van der Waals surface area contributed by atoms with Crippen LogP contribution in [0.3, 0.4) is 0 Å². The zero-order valence-electron chi connectivity index (χ0n) is 13.8. The number of benzene rings is 1. The first-order valence-corrected chi connectivity index (χ1v) is 8.63. The lowest BCUT2D eigenvalue weighted by atomic mass is 10.1. The fourth-order valence-corrected chi connectivity index (χ4v) is 3.55. The molecule has 1 saturated carbocycles. The van der Waals surface area contributed by atoms with Gasteiger partial charge in [0.2, 0.25) is 5.43 Å². The highest BCUT2D eigenvalue weighted by Crippen LogP contribution is 2.38. The Morgan fingerprint density at radius 3 is 2.54 bits per heavy atom. The van der Waals surface area contributed by atoms with Gasteiger partial charge in [-0.05, 0) is 31.5 Å². The Morgan fingerprint density at radius 1 is 1.21 bits per heavy atom. The van der Waals surface area contributed by atoms with Crippen molar-refractivity contribution < 1.29 is 9.50 Å². The molecule has 0 unspecified atom stereocenters. The second-order valence-electron chi connectivity index (χ2n) is 6.72. The number of halogens is 1. The number of fused-ring (bicyclic) bond motifs is 1. The van der Waals surface area contributed by atoms with Gasteiger partial charge in [0, 0.05) is 32.2 Å². The Morgan fingerprint density at radius 2 is 1.92 bits per heavy atom. The van der Waals surface area contributed by atoms with Crippen LogP contribution in [-0.4, -0.2) is 47.3 Å². The van der Waals surface area contributed by atoms with Crippen LogP contribution in [0.5, 0.6) is 5.75 Å². The number of hydrogen-bond acceptors (Lipinski definition) is 4. The van der Waals surface area contributed by atoms with Crippen molar-refractivity contribution in [2.45, 2.75) is 25.8 Å². The van der Waals surface area contributed by atoms with Crippen LogP contribution in [-0.2, 0) is 0 Å². The highest BCUT2D eigenvalue weighted by Gasteiger charge is 2.27. The van der Waals surface area contributed by atoms with Crippen molar-refractivity contribution in [3.8, 4) is 5.75 Å². The van der Waals surface area contributed by atoms with Crippen LogP contribution < -0.4 is 10.3 Å². The van der Waals surface area contributed by atoms with Gasteiger partial charge in [0.15, 0.2) is 5.75 Å². The van der Waals surface area contributed by atoms with E-state index in [4.69, 9.17) is 0 Å². The summed E-state index contributed by atoms with van der Waals surface area (Å²) in [6, 6.07) is 3.37. The molecule has 4 rings (SSSR count). The van der Waals surface area contributed by atoms with E-state index in [2.05, 4.69) is 16.7 Å². The summed E-state index contributed by atoms with van der Waals surface area (Å²) in [7, 11) is 0. The fourth-order valence-electron chi connectivity index (χ4n) is 3.55. The summed E-state index contributed by atoms with van der Waals surface area (Å²) in [5, 5.41) is 10.1. The van der Waals surface area contributed by atoms with Crippen LogP contribution in [0.1, 0.15) is 25.8 Å². The number of piperazine rings is 1. The van der Waals surface area contributed by atoms with E-state index in [1.54, 1.807) is 6.07 Å². The summed E-state index contributed by atoms with van der Waals surface area (Å²) in [4.78, 5) is 16.6. The topological polar surface area (TPSA) is 48.7 Å². The molecule has 2 heterocycles. The molecule has 1 saturated heterocycles. The quantitative estimate of drug-likeness (QED) is 0.938. The van der Waals surface area contributed by atoms with E-state index in [9.17, 15) is 14.3 Å². The van der Waals surface area contributed by atoms with Gasteiger partial charge in [-0.1, -0.05) is 6.92 Å². The van der Waals surface area contributed by atoms with Gasteiger partial charge in [-0.2, -0.15) is 0 Å². The lowest BCUT2D eigenvalue weighted by Crippen LogP contribution is -2.46. The zero-order valence-corrected chi connectivity index (χ0v) is 13.8. The van der Waals surface area contributed by atoms with Crippen LogP contribution in [0, 0.1) is 5.82 Å². The van der Waals surface area contributed by atoms with Gasteiger partial charge in [-0.15, -0.1) is 0 Å². The molecule has 0 spiro atoms. The summed E-state index contributed by atoms with van der Waals surface area (Å²) < 4.78 is 16.6. The van der Waals surface area contributed by atoms with E-state index in [1.165, 1.54) is 12.3 Å². The summed E-state index contributed by atoms with van der Waals surface area (Å²) in [6.07, 6.45) is 3.55. The molecular weight excluding hydrogens is 309 g/mol. The number of anilines is 1. The molecule has 0 atom stereocenters. The first-order chi connectivity index (χ1) is 11.6. The van der Waals surface area contributed by atoms with Gasteiger partial charge >= 0.3 is 0 Å². The molecule has 1 aliphatic carbocycles. The summed E-state index contributed by atoms with van der Waals surface area (Å²) in [5.74, 6) is -0.699. The van der Waals surface area contributed by atoms with Gasteiger partial charge < -0.3 is 19.5 Å². The molecule has 1 aromatic carbocycles. The predicted octanol–water partition coefficient (Wildman–Crippen LogP) is 2.32. The molecule has 5 nitrogen and oxygen atoms in total. The third kappa shape index (κ3) is 2.55. The summed E-state index contributed by atoms with van der Waals surface area (Å²) in [5.41, 5.74) is 0.774. The van der Waals surface area contributed by atoms with Crippen LogP contribution >= 0.6 is 0 Å². The smallest absolute Gasteiger partial charge is 0.231 e. The maximum absolute atomic E-state index is 14.7. The number of hydrogen-bond donors (Lipinski definition) is 1. The van der Waals surface area contributed by atoms with Crippen LogP contribution in [0.15, 0.2) is 23.1 Å². The zero-order chi connectivity index (χ0) is 16.8. The molecule has 1 aromatic heterocycles. The van der Waals surface area contributed by atoms with Gasteiger partial charge in [0.05, 0.1) is 22.8 Å². The Labute approximate surface area is 139 Å². The Balaban J connectivity index is 1.80. The second-order valence-corrected chi connectivity index (χ2v) is 6.72. The highest BCUT2D eigenvalue weighted by atomic mass is 19.1. The maximum Gasteiger partial charge on any atom is 0.231 e. The molecule has 2 aromatic rings. The average Bonchev–Trinajstić information content (AvgIpc) is 3.43. The monoisotopic (exact) mass is 331 g/mol. The Bertz CT molecular complexity index is 836. The van der Waals surface area contributed by atoms with E-state index in [0.29, 0.717) is 11.7 Å². The van der Waals surface area contributed by atoms with Gasteiger partial charge in [0.25, 0.3) is 0 Å². The van der Waals surface area contributed by atoms with Crippen molar-refractivity contribution in [3.05, 3.63) is 34.4 Å². The van der Waals surface area contributed by atoms with Crippen LogP contribution in [0.2, 0.25) is 0 Å². The van der Waals surface area contributed by atoms with E-state index in [-0.39, 0.29) is 11.1 Å². The summed E-state index contributed by atoms with van der Waals surface area (Å²) >= 11 is 0. The SMILES string of the molecule is CCN1CCN(c2cc3c(cc2F)c(=O)c(O)cn3C2CC2)CC1. The van der Waals surface area contributed by atoms with Crippen molar-refractivity contribution in [1.29, 1.82) is 0 Å². The molecule has 128 valence electrons. The molecule has 6 heteroatoms. The van der Waals surface area contributed by atoms with E-state index < -0.39 is 11.2 Å². The maximum atomic E-state index is 14.7. The normalized spacial score (nSPS) is 19.2. The molecule has 1 aliphatic heterocycles. The minimum atomic E-state index is -0.497. The molecule has 2 aliphatic rings. The third-order valence-corrected chi connectivity index (χ3v) is 5.18. The summed E-state index contributed by atoms with van der Waals surface area (Å²) in [6.45, 7) is 6.53. The molecule has 2 fully saturated rings. The highest BCUT2D eigenvalue weighted by molar-refractivity contribution is 5.84. The molecule has 0 amide bonds. The molecule has 24 heavy (non-hydrogen) atoms. The average molecular weight is 331 g/mol. The van der Waals surface area contributed by atoms with E-state index in [0.717, 1.165) is 51.1 Å². The largest absolute Gasteiger partial charge is 0.503 e. The molecule has 0 radical (unpaired) electrons. The van der Waals surface area contributed by atoms with Crippen molar-refractivity contribution in [2.75, 3.05) is 37.6 Å². The van der Waals surface area contributed by atoms with Gasteiger partial charge in [-0.3, -0.25) is 4.79 Å². The van der Waals surface area contributed by atoms with Gasteiger partial charge in [0.1, 0.15) is 5.82 Å². The first-order valence-electron chi connectivity index (χ1n) is 8.63. The van der Waals surface area contributed by atoms with Crippen molar-refractivity contribution in [3.63, 3.8) is 0 Å². The third-order valence-electron chi connectivity index (χ3n) is 5.18. The second kappa shape index (κ2) is 5.77. The lowest BCUT2D eigenvalue weighted by molar-refractivity contribution is 0.270. The molecular formula is C18H22FN3O2. The Kier molecular flexibility index (Phi) is 3.72. The number of nitrogens with zero attached hydrogens (tertiary/aromatic N) is 3. The predicted molar refractivity (Wildman–Crippen MR) is 92.4 cm³/mol. The van der Waals surface area contributed by atoms with Crippen molar-refractivity contribution >= 4 is 16.6 Å². The van der Waals surface area contributed by atoms with Gasteiger partial charge in [-0.25, -0.2) is 4.39 Å². The minimum absolute atomic E-state index is 0.260. The number of aromatic hydroxyl groups is 1. The standard InChI is InChI=1S/C18H22FN3O2/c1-2-20-5-7-21(8-6-20)16-10-15-13(9-14(16)19)18(24)17(23)11-22(15)12-3-4-12/h9-12,23H,2-8H2,1H3. The lowest BCUT2D eigenvalue weighted by Gasteiger charge is -2.35. The molecule has 1 N–H and O–H groups in total. The minimum Gasteiger partial charge on any atom is -0.503 e.